The molecule has 248 valence electrons. The van der Waals surface area contributed by atoms with E-state index < -0.39 is 6.09 Å². The molecule has 8 nitrogen and oxygen atoms in total. The van der Waals surface area contributed by atoms with Crippen LogP contribution in [0.3, 0.4) is 0 Å². The zero-order valence-corrected chi connectivity index (χ0v) is 28.3. The van der Waals surface area contributed by atoms with Gasteiger partial charge in [-0.15, -0.1) is 0 Å². The first-order valence-corrected chi connectivity index (χ1v) is 17.6. The molecule has 1 saturated heterocycles. The number of carbonyl (C=O) groups is 2. The first-order valence-electron chi connectivity index (χ1n) is 16.8. The maximum absolute atomic E-state index is 12.7. The molecule has 2 heterocycles. The third-order valence-corrected chi connectivity index (χ3v) is 9.47. The Kier molecular flexibility index (Phi) is 14.9. The van der Waals surface area contributed by atoms with E-state index in [2.05, 4.69) is 22.0 Å². The van der Waals surface area contributed by atoms with Crippen LogP contribution in [0.15, 0.2) is 36.4 Å². The number of nitrogens with one attached hydrogen (secondary N) is 1. The predicted molar refractivity (Wildman–Crippen MR) is 184 cm³/mol. The highest BCUT2D eigenvalue weighted by molar-refractivity contribution is 6.43. The normalized spacial score (nSPS) is 15.2. The number of hydrogen-bond donors (Lipinski definition) is 1. The molecule has 2 aliphatic heterocycles. The minimum absolute atomic E-state index is 0.0479. The molecular formula is C35H50Cl2N4O4. The van der Waals surface area contributed by atoms with Gasteiger partial charge in [-0.2, -0.15) is 0 Å². The molecular weight excluding hydrogens is 611 g/mol. The van der Waals surface area contributed by atoms with Crippen LogP contribution in [0.2, 0.25) is 10.0 Å². The molecule has 45 heavy (non-hydrogen) atoms. The van der Waals surface area contributed by atoms with Gasteiger partial charge in [0.25, 0.3) is 0 Å². The SMILES string of the molecule is CCCCCCCCCCNC(=O)OCN1C(=O)CCc2ccc(OCCCCN3CCN(c4cccc(Cl)c4Cl)CC3)cc21. The van der Waals surface area contributed by atoms with Crippen molar-refractivity contribution in [2.24, 2.45) is 0 Å². The van der Waals surface area contributed by atoms with Gasteiger partial charge in [-0.1, -0.05) is 87.2 Å². The van der Waals surface area contributed by atoms with Crippen LogP contribution >= 0.6 is 23.2 Å². The Bertz CT molecular complexity index is 1220. The van der Waals surface area contributed by atoms with E-state index in [1.807, 2.05) is 36.4 Å². The van der Waals surface area contributed by atoms with Crippen molar-refractivity contribution >= 4 is 46.6 Å². The molecule has 0 spiro atoms. The van der Waals surface area contributed by atoms with Crippen LogP contribution in [-0.4, -0.2) is 69.5 Å². The van der Waals surface area contributed by atoms with Gasteiger partial charge >= 0.3 is 6.09 Å². The second-order valence-corrected chi connectivity index (χ2v) is 12.8. The number of benzene rings is 2. The van der Waals surface area contributed by atoms with Crippen LogP contribution in [0.5, 0.6) is 5.75 Å². The number of hydrogen-bond acceptors (Lipinski definition) is 6. The highest BCUT2D eigenvalue weighted by Gasteiger charge is 2.26. The summed E-state index contributed by atoms with van der Waals surface area (Å²) in [6.45, 7) is 8.14. The van der Waals surface area contributed by atoms with E-state index in [1.54, 1.807) is 4.90 Å². The van der Waals surface area contributed by atoms with Gasteiger partial charge in [-0.3, -0.25) is 14.6 Å². The quantitative estimate of drug-likeness (QED) is 0.163. The summed E-state index contributed by atoms with van der Waals surface area (Å²) in [6.07, 6.45) is 12.2. The van der Waals surface area contributed by atoms with Crippen molar-refractivity contribution in [3.63, 3.8) is 0 Å². The van der Waals surface area contributed by atoms with Crippen molar-refractivity contribution in [2.45, 2.75) is 84.0 Å². The molecule has 1 fully saturated rings. The number of nitrogens with zero attached hydrogens (tertiary/aromatic N) is 3. The van der Waals surface area contributed by atoms with Crippen LogP contribution < -0.4 is 19.9 Å². The summed E-state index contributed by atoms with van der Waals surface area (Å²) in [7, 11) is 0. The Hall–Kier alpha value is -2.68. The predicted octanol–water partition coefficient (Wildman–Crippen LogP) is 8.08. The number of halogens is 2. The van der Waals surface area contributed by atoms with Crippen LogP contribution in [-0.2, 0) is 16.0 Å². The van der Waals surface area contributed by atoms with Crippen molar-refractivity contribution in [2.75, 3.05) is 62.4 Å². The fourth-order valence-electron chi connectivity index (χ4n) is 5.95. The molecule has 0 radical (unpaired) electrons. The van der Waals surface area contributed by atoms with Gasteiger partial charge < -0.3 is 19.7 Å². The largest absolute Gasteiger partial charge is 0.494 e. The van der Waals surface area contributed by atoms with Crippen LogP contribution in [0.1, 0.15) is 83.1 Å². The third-order valence-electron chi connectivity index (χ3n) is 8.66. The molecule has 0 aliphatic carbocycles. The molecule has 0 bridgehead atoms. The van der Waals surface area contributed by atoms with Crippen molar-refractivity contribution in [1.82, 2.24) is 10.2 Å². The topological polar surface area (TPSA) is 74.3 Å². The van der Waals surface area contributed by atoms with E-state index in [9.17, 15) is 9.59 Å². The maximum atomic E-state index is 12.7. The van der Waals surface area contributed by atoms with E-state index in [0.717, 1.165) is 81.1 Å². The maximum Gasteiger partial charge on any atom is 0.408 e. The minimum atomic E-state index is -0.486. The average molecular weight is 662 g/mol. The van der Waals surface area contributed by atoms with E-state index >= 15 is 0 Å². The first-order chi connectivity index (χ1) is 22.0. The highest BCUT2D eigenvalue weighted by Crippen LogP contribution is 2.33. The summed E-state index contributed by atoms with van der Waals surface area (Å²) in [5, 5.41) is 4.04. The number of rotatable bonds is 18. The number of anilines is 2. The Labute approximate surface area is 279 Å². The minimum Gasteiger partial charge on any atom is -0.494 e. The Balaban J connectivity index is 1.12. The van der Waals surface area contributed by atoms with Gasteiger partial charge in [0.2, 0.25) is 5.91 Å². The van der Waals surface area contributed by atoms with Crippen LogP contribution in [0.4, 0.5) is 16.2 Å². The fraction of sp³-hybridized carbons (Fsp3) is 0.600. The number of unbranched alkanes of at least 4 members (excludes halogenated alkanes) is 8. The fourth-order valence-corrected chi connectivity index (χ4v) is 6.36. The van der Waals surface area contributed by atoms with Crippen molar-refractivity contribution in [3.05, 3.63) is 52.0 Å². The molecule has 1 N–H and O–H groups in total. The first kappa shape index (κ1) is 35.2. The molecule has 0 aromatic heterocycles. The summed E-state index contributed by atoms with van der Waals surface area (Å²) >= 11 is 12.6. The molecule has 2 aromatic rings. The zero-order chi connectivity index (χ0) is 31.9. The summed E-state index contributed by atoms with van der Waals surface area (Å²) in [5.41, 5.74) is 2.83. The van der Waals surface area contributed by atoms with Gasteiger partial charge in [-0.05, 0) is 56.0 Å². The van der Waals surface area contributed by atoms with Crippen LogP contribution in [0, 0.1) is 0 Å². The Morgan fingerprint density at radius 2 is 1.62 bits per heavy atom. The van der Waals surface area contributed by atoms with E-state index in [1.165, 1.54) is 38.5 Å². The summed E-state index contributed by atoms with van der Waals surface area (Å²) in [6, 6.07) is 11.7. The van der Waals surface area contributed by atoms with Gasteiger partial charge in [0.05, 0.1) is 28.0 Å². The summed E-state index contributed by atoms with van der Waals surface area (Å²) in [4.78, 5) is 31.4. The lowest BCUT2D eigenvalue weighted by atomic mass is 10.0. The number of amides is 2. The monoisotopic (exact) mass is 660 g/mol. The third kappa shape index (κ3) is 11.3. The van der Waals surface area contributed by atoms with E-state index in [4.69, 9.17) is 32.7 Å². The number of ether oxygens (including phenoxy) is 2. The highest BCUT2D eigenvalue weighted by atomic mass is 35.5. The van der Waals surface area contributed by atoms with E-state index in [0.29, 0.717) is 36.0 Å². The lowest BCUT2D eigenvalue weighted by Crippen LogP contribution is -2.46. The molecule has 2 amide bonds. The second kappa shape index (κ2) is 19.1. The smallest absolute Gasteiger partial charge is 0.408 e. The number of carbonyl (C=O) groups excluding carboxylic acids is 2. The van der Waals surface area contributed by atoms with Crippen molar-refractivity contribution in [3.8, 4) is 5.75 Å². The summed E-state index contributed by atoms with van der Waals surface area (Å²) < 4.78 is 11.5. The Morgan fingerprint density at radius 1 is 0.867 bits per heavy atom. The van der Waals surface area contributed by atoms with Gasteiger partial charge in [0, 0.05) is 45.2 Å². The second-order valence-electron chi connectivity index (χ2n) is 12.0. The van der Waals surface area contributed by atoms with Gasteiger partial charge in [0.15, 0.2) is 6.73 Å². The zero-order valence-electron chi connectivity index (χ0n) is 26.8. The lowest BCUT2D eigenvalue weighted by Gasteiger charge is -2.36. The van der Waals surface area contributed by atoms with Crippen LogP contribution in [0.25, 0.3) is 0 Å². The van der Waals surface area contributed by atoms with Crippen molar-refractivity contribution in [1.29, 1.82) is 0 Å². The molecule has 0 unspecified atom stereocenters. The number of fused-ring (bicyclic) bond motifs is 1. The van der Waals surface area contributed by atoms with E-state index in [-0.39, 0.29) is 12.6 Å². The Morgan fingerprint density at radius 3 is 2.40 bits per heavy atom. The molecule has 2 aliphatic rings. The number of piperazine rings is 1. The molecule has 0 atom stereocenters. The molecule has 2 aromatic carbocycles. The molecule has 0 saturated carbocycles. The number of alkyl carbamates (subject to hydrolysis) is 1. The summed E-state index contributed by atoms with van der Waals surface area (Å²) in [5.74, 6) is 0.674. The van der Waals surface area contributed by atoms with Gasteiger partial charge in [0.1, 0.15) is 5.75 Å². The number of aryl methyl sites for hydroxylation is 1. The molecule has 10 heteroatoms. The molecule has 4 rings (SSSR count). The lowest BCUT2D eigenvalue weighted by molar-refractivity contribution is -0.119. The standard InChI is InChI=1S/C35H50Cl2N4O4/c1-2-3-4-5-6-7-8-9-19-38-35(43)45-27-41-32-26-29(17-15-28(32)16-18-33(41)42)44-25-11-10-20-39-21-23-40(24-22-39)31-14-12-13-30(36)34(31)37/h12-15,17,26H,2-11,16,18-25,27H2,1H3,(H,38,43). The average Bonchev–Trinajstić information content (AvgIpc) is 3.05. The van der Waals surface area contributed by atoms with Crippen molar-refractivity contribution < 1.29 is 19.1 Å². The van der Waals surface area contributed by atoms with Gasteiger partial charge in [-0.25, -0.2) is 4.79 Å².